The third kappa shape index (κ3) is 5.27. The second-order valence-corrected chi connectivity index (χ2v) is 14.1. The first kappa shape index (κ1) is 25.4. The van der Waals surface area contributed by atoms with Crippen LogP contribution in [0.3, 0.4) is 0 Å². The van der Waals surface area contributed by atoms with Crippen molar-refractivity contribution in [2.24, 2.45) is 40.9 Å². The molecule has 0 aliphatic heterocycles. The largest absolute Gasteiger partial charge is 0.390 e. The minimum absolute atomic E-state index is 0.181. The zero-order valence-electron chi connectivity index (χ0n) is 21.4. The number of hydrogen-bond acceptors (Lipinski definition) is 4. The number of fused-ring (bicyclic) bond motifs is 5. The van der Waals surface area contributed by atoms with Crippen LogP contribution in [0.1, 0.15) is 78.6 Å². The molecule has 1 aromatic rings. The van der Waals surface area contributed by atoms with Gasteiger partial charge in [-0.1, -0.05) is 18.6 Å². The molecular formula is C27H43N3O4S. The highest BCUT2D eigenvalue weighted by Crippen LogP contribution is 2.65. The summed E-state index contributed by atoms with van der Waals surface area (Å²) in [6.45, 7) is 7.35. The lowest BCUT2D eigenvalue weighted by Crippen LogP contribution is -2.48. The standard InChI is InChI=1S/C27H43N3O4S/c1-26(2,31)15-19(16-30-13-12-28-17-30)24-8-9-25-23-6-4-18-14-20(29-35(32,33)34)5-7-21(18)22(23)10-11-27(24,25)3/h4,12-13,17,19-25,29,31H,5-11,14-16H2,1-3H3,(H,32,33,34). The number of aromatic nitrogens is 2. The second kappa shape index (κ2) is 9.26. The van der Waals surface area contributed by atoms with Crippen LogP contribution in [-0.2, 0) is 16.8 Å². The van der Waals surface area contributed by atoms with E-state index in [0.29, 0.717) is 40.9 Å². The molecule has 7 nitrogen and oxygen atoms in total. The van der Waals surface area contributed by atoms with Gasteiger partial charge >= 0.3 is 10.3 Å². The number of hydrogen-bond donors (Lipinski definition) is 3. The van der Waals surface area contributed by atoms with Crippen LogP contribution >= 0.6 is 0 Å². The smallest absolute Gasteiger partial charge is 0.333 e. The van der Waals surface area contributed by atoms with Gasteiger partial charge in [0.05, 0.1) is 11.9 Å². The minimum atomic E-state index is -4.15. The van der Waals surface area contributed by atoms with Crippen LogP contribution in [-0.4, -0.2) is 39.3 Å². The predicted molar refractivity (Wildman–Crippen MR) is 136 cm³/mol. The van der Waals surface area contributed by atoms with E-state index in [1.807, 2.05) is 32.6 Å². The van der Waals surface area contributed by atoms with E-state index < -0.39 is 15.9 Å². The minimum Gasteiger partial charge on any atom is -0.390 e. The molecule has 8 atom stereocenters. The van der Waals surface area contributed by atoms with Gasteiger partial charge in [0.15, 0.2) is 0 Å². The van der Waals surface area contributed by atoms with Crippen molar-refractivity contribution in [3.8, 4) is 0 Å². The van der Waals surface area contributed by atoms with Crippen molar-refractivity contribution in [1.82, 2.24) is 14.3 Å². The Morgan fingerprint density at radius 2 is 2.03 bits per heavy atom. The lowest BCUT2D eigenvalue weighted by molar-refractivity contribution is -0.0425. The number of rotatable bonds is 7. The Morgan fingerprint density at radius 3 is 2.71 bits per heavy atom. The Hall–Kier alpha value is -1.22. The van der Waals surface area contributed by atoms with Gasteiger partial charge in [-0.3, -0.25) is 4.55 Å². The lowest BCUT2D eigenvalue weighted by atomic mass is 9.50. The molecule has 8 unspecified atom stereocenters. The van der Waals surface area contributed by atoms with Crippen LogP contribution in [0.4, 0.5) is 0 Å². The highest BCUT2D eigenvalue weighted by atomic mass is 32.2. The molecule has 1 aromatic heterocycles. The molecule has 3 saturated carbocycles. The van der Waals surface area contributed by atoms with E-state index in [-0.39, 0.29) is 6.04 Å². The Balaban J connectivity index is 1.34. The number of nitrogens with zero attached hydrogens (tertiary/aromatic N) is 2. The van der Waals surface area contributed by atoms with Crippen molar-refractivity contribution in [1.29, 1.82) is 0 Å². The van der Waals surface area contributed by atoms with Gasteiger partial charge < -0.3 is 9.67 Å². The molecule has 4 aliphatic carbocycles. The van der Waals surface area contributed by atoms with Crippen molar-refractivity contribution in [3.63, 3.8) is 0 Å². The average Bonchev–Trinajstić information content (AvgIpc) is 3.37. The van der Waals surface area contributed by atoms with Crippen LogP contribution in [0.5, 0.6) is 0 Å². The van der Waals surface area contributed by atoms with E-state index in [1.165, 1.54) is 31.3 Å². The molecule has 8 heteroatoms. The normalized spacial score (nSPS) is 38.3. The average molecular weight is 506 g/mol. The summed E-state index contributed by atoms with van der Waals surface area (Å²) in [7, 11) is -4.15. The predicted octanol–water partition coefficient (Wildman–Crippen LogP) is 4.61. The summed E-state index contributed by atoms with van der Waals surface area (Å²) >= 11 is 0. The van der Waals surface area contributed by atoms with E-state index in [2.05, 4.69) is 27.3 Å². The molecule has 196 valence electrons. The van der Waals surface area contributed by atoms with Crippen LogP contribution in [0.25, 0.3) is 0 Å². The molecule has 5 rings (SSSR count). The summed E-state index contributed by atoms with van der Waals surface area (Å²) in [5.74, 6) is 3.70. The van der Waals surface area contributed by atoms with Crippen molar-refractivity contribution < 1.29 is 18.1 Å². The molecule has 1 heterocycles. The topological polar surface area (TPSA) is 104 Å². The summed E-state index contributed by atoms with van der Waals surface area (Å²) in [5, 5.41) is 10.8. The fraction of sp³-hybridized carbons (Fsp3) is 0.815. The van der Waals surface area contributed by atoms with Gasteiger partial charge in [-0.2, -0.15) is 13.1 Å². The van der Waals surface area contributed by atoms with Crippen LogP contribution < -0.4 is 4.72 Å². The summed E-state index contributed by atoms with van der Waals surface area (Å²) in [6, 6.07) is -0.181. The highest BCUT2D eigenvalue weighted by molar-refractivity contribution is 7.83. The van der Waals surface area contributed by atoms with Gasteiger partial charge in [-0.05, 0) is 113 Å². The maximum absolute atomic E-state index is 11.3. The van der Waals surface area contributed by atoms with Gasteiger partial charge in [0.2, 0.25) is 0 Å². The molecular weight excluding hydrogens is 462 g/mol. The van der Waals surface area contributed by atoms with Crippen LogP contribution in [0.2, 0.25) is 0 Å². The Kier molecular flexibility index (Phi) is 6.73. The fourth-order valence-electron chi connectivity index (χ4n) is 9.04. The van der Waals surface area contributed by atoms with Gasteiger partial charge in [-0.25, -0.2) is 4.98 Å². The number of nitrogens with one attached hydrogen (secondary N) is 1. The Morgan fingerprint density at radius 1 is 1.23 bits per heavy atom. The summed E-state index contributed by atoms with van der Waals surface area (Å²) in [5.41, 5.74) is 1.03. The first-order valence-electron chi connectivity index (χ1n) is 13.5. The Labute approximate surface area is 210 Å². The van der Waals surface area contributed by atoms with Crippen molar-refractivity contribution in [2.75, 3.05) is 0 Å². The van der Waals surface area contributed by atoms with E-state index >= 15 is 0 Å². The number of imidazole rings is 1. The summed E-state index contributed by atoms with van der Waals surface area (Å²) < 4.78 is 36.5. The molecule has 0 spiro atoms. The van der Waals surface area contributed by atoms with Gasteiger partial charge in [0, 0.05) is 25.0 Å². The van der Waals surface area contributed by atoms with E-state index in [4.69, 9.17) is 0 Å². The number of allylic oxidation sites excluding steroid dienone is 1. The zero-order chi connectivity index (χ0) is 25.0. The molecule has 3 fully saturated rings. The molecule has 4 aliphatic rings. The van der Waals surface area contributed by atoms with Gasteiger partial charge in [0.1, 0.15) is 0 Å². The lowest BCUT2D eigenvalue weighted by Gasteiger charge is -2.55. The van der Waals surface area contributed by atoms with Gasteiger partial charge in [-0.15, -0.1) is 0 Å². The van der Waals surface area contributed by atoms with Crippen molar-refractivity contribution >= 4 is 10.3 Å². The van der Waals surface area contributed by atoms with Crippen LogP contribution in [0, 0.1) is 40.9 Å². The third-order valence-corrected chi connectivity index (χ3v) is 10.8. The molecule has 0 radical (unpaired) electrons. The first-order valence-corrected chi connectivity index (χ1v) is 15.0. The first-order chi connectivity index (χ1) is 16.4. The maximum atomic E-state index is 11.3. The van der Waals surface area contributed by atoms with Crippen LogP contribution in [0.15, 0.2) is 30.4 Å². The van der Waals surface area contributed by atoms with Crippen molar-refractivity contribution in [3.05, 3.63) is 30.4 Å². The SMILES string of the molecule is CC(C)(O)CC(Cn1ccnc1)C1CCC2C3CC=C4CC(NS(=O)(=O)O)CCC4C3CCC12C. The number of aliphatic hydroxyl groups is 1. The summed E-state index contributed by atoms with van der Waals surface area (Å²) in [6.07, 6.45) is 17.7. The van der Waals surface area contributed by atoms with E-state index in [9.17, 15) is 18.1 Å². The van der Waals surface area contributed by atoms with E-state index in [1.54, 1.807) is 0 Å². The van der Waals surface area contributed by atoms with Gasteiger partial charge in [0.25, 0.3) is 0 Å². The monoisotopic (exact) mass is 505 g/mol. The molecule has 3 N–H and O–H groups in total. The second-order valence-electron chi connectivity index (χ2n) is 12.9. The third-order valence-electron chi connectivity index (χ3n) is 10.2. The quantitative estimate of drug-likeness (QED) is 0.371. The zero-order valence-corrected chi connectivity index (χ0v) is 22.3. The highest BCUT2D eigenvalue weighted by Gasteiger charge is 2.57. The van der Waals surface area contributed by atoms with E-state index in [0.717, 1.165) is 38.6 Å². The fourth-order valence-corrected chi connectivity index (χ4v) is 9.66. The molecule has 35 heavy (non-hydrogen) atoms. The van der Waals surface area contributed by atoms with Crippen molar-refractivity contribution in [2.45, 2.75) is 96.7 Å². The molecule has 0 amide bonds. The maximum Gasteiger partial charge on any atom is 0.333 e. The summed E-state index contributed by atoms with van der Waals surface area (Å²) in [4.78, 5) is 4.26. The molecule has 0 aromatic carbocycles. The Bertz CT molecular complexity index is 1030. The molecule has 0 saturated heterocycles. The molecule has 0 bridgehead atoms.